The Bertz CT molecular complexity index is 277. The molecule has 0 aliphatic heterocycles. The van der Waals surface area contributed by atoms with E-state index in [9.17, 15) is 0 Å². The molecule has 1 aliphatic carbocycles. The van der Waals surface area contributed by atoms with Crippen molar-refractivity contribution in [3.05, 3.63) is 12.2 Å². The van der Waals surface area contributed by atoms with Crippen LogP contribution in [0.3, 0.4) is 0 Å². The van der Waals surface area contributed by atoms with Crippen LogP contribution in [0.15, 0.2) is 6.33 Å². The topological polar surface area (TPSA) is 42.7 Å². The Morgan fingerprint density at radius 1 is 1.69 bits per heavy atom. The largest absolute Gasteiger partial charge is 0.307 e. The summed E-state index contributed by atoms with van der Waals surface area (Å²) in [6, 6.07) is 0.615. The molecule has 0 spiro atoms. The summed E-state index contributed by atoms with van der Waals surface area (Å²) in [6.45, 7) is 3.03. The van der Waals surface area contributed by atoms with Gasteiger partial charge in [0.25, 0.3) is 0 Å². The number of hydrogen-bond donors (Lipinski definition) is 1. The number of hydrogen-bond acceptors (Lipinski definition) is 3. The summed E-state index contributed by atoms with van der Waals surface area (Å²) in [5.41, 5.74) is 0. The highest BCUT2D eigenvalue weighted by atomic mass is 15.3. The van der Waals surface area contributed by atoms with Crippen LogP contribution in [0.1, 0.15) is 25.6 Å². The van der Waals surface area contributed by atoms with Crippen LogP contribution in [-0.2, 0) is 13.6 Å². The quantitative estimate of drug-likeness (QED) is 0.741. The van der Waals surface area contributed by atoms with E-state index in [1.54, 1.807) is 11.0 Å². The van der Waals surface area contributed by atoms with Crippen molar-refractivity contribution in [1.29, 1.82) is 0 Å². The van der Waals surface area contributed by atoms with Gasteiger partial charge in [0.15, 0.2) is 5.82 Å². The first-order chi connectivity index (χ1) is 6.25. The molecule has 1 aliphatic rings. The van der Waals surface area contributed by atoms with Crippen LogP contribution in [0, 0.1) is 5.92 Å². The fourth-order valence-corrected chi connectivity index (χ4v) is 1.48. The first-order valence-corrected chi connectivity index (χ1v) is 4.83. The standard InChI is InChI=1S/C9H16N4/c1-7(8-3-4-8)10-5-9-11-6-13(2)12-9/h6-8,10H,3-5H2,1-2H3. The summed E-state index contributed by atoms with van der Waals surface area (Å²) in [7, 11) is 1.89. The van der Waals surface area contributed by atoms with E-state index in [0.29, 0.717) is 6.04 Å². The van der Waals surface area contributed by atoms with Gasteiger partial charge in [-0.3, -0.25) is 4.68 Å². The van der Waals surface area contributed by atoms with Crippen LogP contribution in [0.4, 0.5) is 0 Å². The van der Waals surface area contributed by atoms with Gasteiger partial charge in [-0.1, -0.05) is 0 Å². The minimum atomic E-state index is 0.615. The summed E-state index contributed by atoms with van der Waals surface area (Å²) < 4.78 is 1.73. The molecule has 4 heteroatoms. The van der Waals surface area contributed by atoms with E-state index in [-0.39, 0.29) is 0 Å². The lowest BCUT2D eigenvalue weighted by Crippen LogP contribution is -2.27. The van der Waals surface area contributed by atoms with Crippen molar-refractivity contribution < 1.29 is 0 Å². The second kappa shape index (κ2) is 3.46. The highest BCUT2D eigenvalue weighted by Crippen LogP contribution is 2.32. The van der Waals surface area contributed by atoms with Crippen molar-refractivity contribution in [3.8, 4) is 0 Å². The zero-order valence-electron chi connectivity index (χ0n) is 8.20. The molecule has 1 fully saturated rings. The molecule has 0 saturated heterocycles. The van der Waals surface area contributed by atoms with Gasteiger partial charge in [-0.05, 0) is 25.7 Å². The van der Waals surface area contributed by atoms with Gasteiger partial charge >= 0.3 is 0 Å². The van der Waals surface area contributed by atoms with Gasteiger partial charge < -0.3 is 5.32 Å². The molecule has 72 valence electrons. The monoisotopic (exact) mass is 180 g/mol. The second-order valence-electron chi connectivity index (χ2n) is 3.84. The Kier molecular flexibility index (Phi) is 2.31. The van der Waals surface area contributed by atoms with Gasteiger partial charge in [0.05, 0.1) is 6.54 Å². The van der Waals surface area contributed by atoms with Crippen molar-refractivity contribution >= 4 is 0 Å². The zero-order valence-corrected chi connectivity index (χ0v) is 8.20. The average molecular weight is 180 g/mol. The van der Waals surface area contributed by atoms with E-state index in [0.717, 1.165) is 18.3 Å². The van der Waals surface area contributed by atoms with Crippen molar-refractivity contribution in [2.24, 2.45) is 13.0 Å². The maximum absolute atomic E-state index is 4.21. The molecular weight excluding hydrogens is 164 g/mol. The van der Waals surface area contributed by atoms with Crippen molar-refractivity contribution in [1.82, 2.24) is 20.1 Å². The third-order valence-electron chi connectivity index (χ3n) is 2.56. The Hall–Kier alpha value is -0.900. The van der Waals surface area contributed by atoms with Gasteiger partial charge in [0, 0.05) is 13.1 Å². The second-order valence-corrected chi connectivity index (χ2v) is 3.84. The Labute approximate surface area is 78.4 Å². The molecule has 4 nitrogen and oxygen atoms in total. The number of aryl methyl sites for hydroxylation is 1. The van der Waals surface area contributed by atoms with Gasteiger partial charge in [-0.15, -0.1) is 0 Å². The first kappa shape index (κ1) is 8.69. The SMILES string of the molecule is CC(NCc1ncn(C)n1)C1CC1. The summed E-state index contributed by atoms with van der Waals surface area (Å²) in [6.07, 6.45) is 4.49. The van der Waals surface area contributed by atoms with E-state index in [1.807, 2.05) is 7.05 Å². The molecule has 0 bridgehead atoms. The van der Waals surface area contributed by atoms with Crippen LogP contribution in [0.25, 0.3) is 0 Å². The maximum Gasteiger partial charge on any atom is 0.164 e. The van der Waals surface area contributed by atoms with E-state index in [1.165, 1.54) is 12.8 Å². The van der Waals surface area contributed by atoms with Crippen molar-refractivity contribution in [3.63, 3.8) is 0 Å². The van der Waals surface area contributed by atoms with Crippen LogP contribution >= 0.6 is 0 Å². The number of nitrogens with zero attached hydrogens (tertiary/aromatic N) is 3. The summed E-state index contributed by atoms with van der Waals surface area (Å²) >= 11 is 0. The number of aromatic nitrogens is 3. The number of rotatable bonds is 4. The van der Waals surface area contributed by atoms with E-state index < -0.39 is 0 Å². The van der Waals surface area contributed by atoms with Crippen LogP contribution in [-0.4, -0.2) is 20.8 Å². The van der Waals surface area contributed by atoms with E-state index in [4.69, 9.17) is 0 Å². The summed E-state index contributed by atoms with van der Waals surface area (Å²) in [4.78, 5) is 4.16. The minimum Gasteiger partial charge on any atom is -0.307 e. The molecule has 0 aromatic carbocycles. The Balaban J connectivity index is 1.78. The van der Waals surface area contributed by atoms with Gasteiger partial charge in [0.2, 0.25) is 0 Å². The molecule has 2 rings (SSSR count). The van der Waals surface area contributed by atoms with Gasteiger partial charge in [-0.25, -0.2) is 4.98 Å². The highest BCUT2D eigenvalue weighted by molar-refractivity contribution is 4.86. The molecule has 1 heterocycles. The normalized spacial score (nSPS) is 18.9. The number of nitrogens with one attached hydrogen (secondary N) is 1. The van der Waals surface area contributed by atoms with Crippen molar-refractivity contribution in [2.75, 3.05) is 0 Å². The van der Waals surface area contributed by atoms with Crippen LogP contribution in [0.5, 0.6) is 0 Å². The highest BCUT2D eigenvalue weighted by Gasteiger charge is 2.27. The predicted molar refractivity (Wildman–Crippen MR) is 50.0 cm³/mol. The molecule has 13 heavy (non-hydrogen) atoms. The molecule has 0 amide bonds. The van der Waals surface area contributed by atoms with Crippen LogP contribution in [0.2, 0.25) is 0 Å². The molecule has 1 atom stereocenters. The first-order valence-electron chi connectivity index (χ1n) is 4.83. The Morgan fingerprint density at radius 2 is 2.46 bits per heavy atom. The third kappa shape index (κ3) is 2.28. The Morgan fingerprint density at radius 3 is 3.00 bits per heavy atom. The molecule has 0 radical (unpaired) electrons. The lowest BCUT2D eigenvalue weighted by Gasteiger charge is -2.09. The summed E-state index contributed by atoms with van der Waals surface area (Å²) in [5.74, 6) is 1.78. The maximum atomic E-state index is 4.21. The summed E-state index contributed by atoms with van der Waals surface area (Å²) in [5, 5.41) is 7.64. The van der Waals surface area contributed by atoms with Gasteiger partial charge in [-0.2, -0.15) is 5.10 Å². The van der Waals surface area contributed by atoms with Crippen LogP contribution < -0.4 is 5.32 Å². The molecule has 1 unspecified atom stereocenters. The molecule has 1 aromatic rings. The van der Waals surface area contributed by atoms with Gasteiger partial charge in [0.1, 0.15) is 6.33 Å². The minimum absolute atomic E-state index is 0.615. The molecule has 1 N–H and O–H groups in total. The van der Waals surface area contributed by atoms with E-state index in [2.05, 4.69) is 22.3 Å². The molecular formula is C9H16N4. The average Bonchev–Trinajstić information content (AvgIpc) is 2.87. The predicted octanol–water partition coefficient (Wildman–Crippen LogP) is 0.703. The lowest BCUT2D eigenvalue weighted by molar-refractivity contribution is 0.486. The van der Waals surface area contributed by atoms with E-state index >= 15 is 0 Å². The van der Waals surface area contributed by atoms with Crippen molar-refractivity contribution in [2.45, 2.75) is 32.4 Å². The lowest BCUT2D eigenvalue weighted by atomic mass is 10.2. The fourth-order valence-electron chi connectivity index (χ4n) is 1.48. The smallest absolute Gasteiger partial charge is 0.164 e. The third-order valence-corrected chi connectivity index (χ3v) is 2.56. The molecule has 1 saturated carbocycles. The zero-order chi connectivity index (χ0) is 9.26. The fraction of sp³-hybridized carbons (Fsp3) is 0.778. The molecule has 1 aromatic heterocycles.